The van der Waals surface area contributed by atoms with Crippen LogP contribution in [0.4, 0.5) is 0 Å². The van der Waals surface area contributed by atoms with Crippen molar-refractivity contribution in [3.8, 4) is 22.9 Å². The van der Waals surface area contributed by atoms with Crippen LogP contribution in [-0.2, 0) is 0 Å². The molecule has 1 heterocycles. The van der Waals surface area contributed by atoms with E-state index in [1.807, 2.05) is 0 Å². The van der Waals surface area contributed by atoms with Crippen molar-refractivity contribution in [1.82, 2.24) is 10.1 Å². The minimum Gasteiger partial charge on any atom is -0.508 e. The molecule has 0 spiro atoms. The third-order valence-electron chi connectivity index (χ3n) is 2.76. The van der Waals surface area contributed by atoms with Crippen molar-refractivity contribution in [2.45, 2.75) is 0 Å². The number of phenolic OH excluding ortho intramolecular Hbond substituents is 2. The first kappa shape index (κ1) is 15.8. The third kappa shape index (κ3) is 4.46. The number of oxime groups is 1. The van der Waals surface area contributed by atoms with Gasteiger partial charge in [-0.25, -0.2) is 0 Å². The Morgan fingerprint density at radius 3 is 2.00 bits per heavy atom. The number of hydrogen-bond donors (Lipinski definition) is 4. The molecule has 5 N–H and O–H groups in total. The van der Waals surface area contributed by atoms with Crippen LogP contribution in [0, 0.1) is 0 Å². The van der Waals surface area contributed by atoms with Gasteiger partial charge in [-0.05, 0) is 48.5 Å². The summed E-state index contributed by atoms with van der Waals surface area (Å²) < 4.78 is 4.58. The van der Waals surface area contributed by atoms with Crippen molar-refractivity contribution in [3.05, 3.63) is 60.5 Å². The zero-order valence-corrected chi connectivity index (χ0v) is 11.9. The van der Waals surface area contributed by atoms with Crippen LogP contribution in [0.15, 0.2) is 64.6 Å². The zero-order chi connectivity index (χ0) is 16.7. The van der Waals surface area contributed by atoms with Gasteiger partial charge in [0.25, 0.3) is 0 Å². The molecular weight excluding hydrogens is 300 g/mol. The molecule has 0 radical (unpaired) electrons. The number of benzene rings is 2. The van der Waals surface area contributed by atoms with Gasteiger partial charge in [0.15, 0.2) is 5.84 Å². The molecule has 0 aliphatic carbocycles. The van der Waals surface area contributed by atoms with Gasteiger partial charge in [0.05, 0.1) is 0 Å². The Kier molecular flexibility index (Phi) is 5.13. The molecule has 2 aromatic carbocycles. The molecule has 118 valence electrons. The van der Waals surface area contributed by atoms with Crippen LogP contribution in [0.25, 0.3) is 11.4 Å². The standard InChI is InChI=1S/C8H6N2O2.C7H8N2O2/c11-7-3-1-6(2-4-7)8-9-5-12-10-8;8-7(9-11)5-1-3-6(10)4-2-5/h1-5,11H;1-4,10-11H,(H2,8,9). The molecule has 8 nitrogen and oxygen atoms in total. The molecule has 3 aromatic rings. The Bertz CT molecular complexity index is 753. The van der Waals surface area contributed by atoms with Crippen LogP contribution in [-0.4, -0.2) is 31.4 Å². The Hall–Kier alpha value is -3.55. The summed E-state index contributed by atoms with van der Waals surface area (Å²) >= 11 is 0. The van der Waals surface area contributed by atoms with E-state index in [4.69, 9.17) is 21.2 Å². The quantitative estimate of drug-likeness (QED) is 0.245. The molecule has 23 heavy (non-hydrogen) atoms. The van der Waals surface area contributed by atoms with E-state index in [9.17, 15) is 0 Å². The second-order valence-electron chi connectivity index (χ2n) is 4.33. The van der Waals surface area contributed by atoms with E-state index in [1.165, 1.54) is 18.5 Å². The number of phenols is 2. The highest BCUT2D eigenvalue weighted by atomic mass is 16.5. The topological polar surface area (TPSA) is 138 Å². The lowest BCUT2D eigenvalue weighted by Gasteiger charge is -1.96. The molecule has 0 atom stereocenters. The minimum atomic E-state index is 0.0324. The predicted octanol–water partition coefficient (Wildman–Crippen LogP) is 1.93. The SMILES string of the molecule is N/C(=N/O)c1ccc(O)cc1.Oc1ccc(-c2ncon2)cc1. The molecule has 0 aliphatic heterocycles. The summed E-state index contributed by atoms with van der Waals surface area (Å²) in [5.41, 5.74) is 6.66. The number of nitrogens with zero attached hydrogens (tertiary/aromatic N) is 3. The van der Waals surface area contributed by atoms with E-state index in [0.717, 1.165) is 5.56 Å². The van der Waals surface area contributed by atoms with Gasteiger partial charge in [-0.15, -0.1) is 0 Å². The van der Waals surface area contributed by atoms with Crippen molar-refractivity contribution in [2.24, 2.45) is 10.9 Å². The highest BCUT2D eigenvalue weighted by molar-refractivity contribution is 5.97. The summed E-state index contributed by atoms with van der Waals surface area (Å²) in [4.78, 5) is 3.86. The number of amidine groups is 1. The second kappa shape index (κ2) is 7.46. The maximum absolute atomic E-state index is 8.99. The lowest BCUT2D eigenvalue weighted by atomic mass is 10.2. The van der Waals surface area contributed by atoms with E-state index in [-0.39, 0.29) is 17.3 Å². The van der Waals surface area contributed by atoms with E-state index >= 15 is 0 Å². The van der Waals surface area contributed by atoms with E-state index < -0.39 is 0 Å². The summed E-state index contributed by atoms with van der Waals surface area (Å²) in [6, 6.07) is 12.6. The number of aromatic nitrogens is 2. The second-order valence-corrected chi connectivity index (χ2v) is 4.33. The summed E-state index contributed by atoms with van der Waals surface area (Å²) in [7, 11) is 0. The molecule has 8 heteroatoms. The Morgan fingerprint density at radius 2 is 1.52 bits per heavy atom. The average Bonchev–Trinajstić information content (AvgIpc) is 3.11. The molecule has 1 aromatic heterocycles. The summed E-state index contributed by atoms with van der Waals surface area (Å²) in [5.74, 6) is 0.932. The molecule has 0 amide bonds. The van der Waals surface area contributed by atoms with Crippen LogP contribution in [0.3, 0.4) is 0 Å². The van der Waals surface area contributed by atoms with Crippen LogP contribution < -0.4 is 5.73 Å². The zero-order valence-electron chi connectivity index (χ0n) is 11.9. The fourth-order valence-electron chi connectivity index (χ4n) is 1.60. The first-order chi connectivity index (χ1) is 11.1. The average molecular weight is 314 g/mol. The monoisotopic (exact) mass is 314 g/mol. The number of hydrogen-bond acceptors (Lipinski definition) is 7. The maximum Gasteiger partial charge on any atom is 0.214 e. The van der Waals surface area contributed by atoms with Crippen LogP contribution >= 0.6 is 0 Å². The van der Waals surface area contributed by atoms with Crippen LogP contribution in [0.1, 0.15) is 5.56 Å². The van der Waals surface area contributed by atoms with Crippen molar-refractivity contribution < 1.29 is 19.9 Å². The highest BCUT2D eigenvalue weighted by Crippen LogP contribution is 2.17. The van der Waals surface area contributed by atoms with E-state index in [1.54, 1.807) is 36.4 Å². The van der Waals surface area contributed by atoms with Gasteiger partial charge >= 0.3 is 0 Å². The van der Waals surface area contributed by atoms with Gasteiger partial charge in [-0.2, -0.15) is 4.98 Å². The first-order valence-corrected chi connectivity index (χ1v) is 6.43. The van der Waals surface area contributed by atoms with E-state index in [2.05, 4.69) is 19.8 Å². The molecule has 0 unspecified atom stereocenters. The van der Waals surface area contributed by atoms with Gasteiger partial charge in [0, 0.05) is 11.1 Å². The van der Waals surface area contributed by atoms with Gasteiger partial charge in [0.2, 0.25) is 12.2 Å². The minimum absolute atomic E-state index is 0.0324. The van der Waals surface area contributed by atoms with Crippen LogP contribution in [0.5, 0.6) is 11.5 Å². The smallest absolute Gasteiger partial charge is 0.214 e. The van der Waals surface area contributed by atoms with Gasteiger partial charge in [0.1, 0.15) is 11.5 Å². The first-order valence-electron chi connectivity index (χ1n) is 6.43. The molecule has 0 saturated carbocycles. The summed E-state index contributed by atoms with van der Waals surface area (Å²) in [5, 5.41) is 32.6. The highest BCUT2D eigenvalue weighted by Gasteiger charge is 2.01. The number of aromatic hydroxyl groups is 2. The van der Waals surface area contributed by atoms with Gasteiger partial charge in [-0.3, -0.25) is 0 Å². The Labute approximate surface area is 131 Å². The number of nitrogens with two attached hydrogens (primary N) is 1. The molecule has 0 aliphatic rings. The van der Waals surface area contributed by atoms with Crippen molar-refractivity contribution >= 4 is 5.84 Å². The molecule has 0 saturated heterocycles. The lowest BCUT2D eigenvalue weighted by molar-refractivity contribution is 0.318. The Morgan fingerprint density at radius 1 is 0.957 bits per heavy atom. The van der Waals surface area contributed by atoms with Crippen LogP contribution in [0.2, 0.25) is 0 Å². The fraction of sp³-hybridized carbons (Fsp3) is 0. The third-order valence-corrected chi connectivity index (χ3v) is 2.76. The molecular formula is C15H14N4O4. The lowest BCUT2D eigenvalue weighted by Crippen LogP contribution is -2.12. The fourth-order valence-corrected chi connectivity index (χ4v) is 1.60. The van der Waals surface area contributed by atoms with Crippen molar-refractivity contribution in [1.29, 1.82) is 0 Å². The van der Waals surface area contributed by atoms with Gasteiger partial charge < -0.3 is 25.7 Å². The largest absolute Gasteiger partial charge is 0.508 e. The summed E-state index contributed by atoms with van der Waals surface area (Å²) in [6.07, 6.45) is 1.27. The van der Waals surface area contributed by atoms with Crippen molar-refractivity contribution in [2.75, 3.05) is 0 Å². The normalized spacial score (nSPS) is 10.7. The van der Waals surface area contributed by atoms with E-state index in [0.29, 0.717) is 11.4 Å². The van der Waals surface area contributed by atoms with Gasteiger partial charge in [-0.1, -0.05) is 10.3 Å². The predicted molar refractivity (Wildman–Crippen MR) is 82.0 cm³/mol. The number of rotatable bonds is 2. The molecule has 0 bridgehead atoms. The summed E-state index contributed by atoms with van der Waals surface area (Å²) in [6.45, 7) is 0. The Balaban J connectivity index is 0.000000168. The van der Waals surface area contributed by atoms with Crippen molar-refractivity contribution in [3.63, 3.8) is 0 Å². The molecule has 3 rings (SSSR count). The molecule has 0 fully saturated rings. The maximum atomic E-state index is 8.99.